The maximum Gasteiger partial charge on any atom is 0.407 e. The van der Waals surface area contributed by atoms with Gasteiger partial charge in [0.25, 0.3) is 11.8 Å². The fourth-order valence-electron chi connectivity index (χ4n) is 2.81. The van der Waals surface area contributed by atoms with Crippen LogP contribution in [0.5, 0.6) is 0 Å². The zero-order valence-corrected chi connectivity index (χ0v) is 20.4. The van der Waals surface area contributed by atoms with E-state index in [9.17, 15) is 14.4 Å². The molecule has 0 fully saturated rings. The molecule has 0 saturated heterocycles. The van der Waals surface area contributed by atoms with Crippen molar-refractivity contribution in [3.63, 3.8) is 0 Å². The minimum atomic E-state index is -0.547. The summed E-state index contributed by atoms with van der Waals surface area (Å²) in [5, 5.41) is 8.88. The molecule has 1 heterocycles. The summed E-state index contributed by atoms with van der Waals surface area (Å²) in [6, 6.07) is 5.16. The number of imidazole rings is 1. The maximum absolute atomic E-state index is 12.6. The van der Waals surface area contributed by atoms with Gasteiger partial charge in [-0.15, -0.1) is 0 Å². The lowest BCUT2D eigenvalue weighted by atomic mass is 10.0. The van der Waals surface area contributed by atoms with E-state index in [1.54, 1.807) is 45.2 Å². The molecule has 2 aromatic rings. The first-order valence-corrected chi connectivity index (χ1v) is 11.5. The van der Waals surface area contributed by atoms with Gasteiger partial charge in [0.05, 0.1) is 0 Å². The Morgan fingerprint density at radius 1 is 1.12 bits per heavy atom. The van der Waals surface area contributed by atoms with Crippen LogP contribution in [0.1, 0.15) is 66.4 Å². The number of anilines is 1. The van der Waals surface area contributed by atoms with E-state index in [4.69, 9.17) is 4.74 Å². The predicted molar refractivity (Wildman–Crippen MR) is 126 cm³/mol. The second kappa shape index (κ2) is 11.7. The molecular formula is C22H30BrN5O4. The number of amides is 3. The van der Waals surface area contributed by atoms with E-state index < -0.39 is 11.7 Å². The van der Waals surface area contributed by atoms with E-state index in [0.717, 1.165) is 11.3 Å². The van der Waals surface area contributed by atoms with Gasteiger partial charge in [0, 0.05) is 41.6 Å². The van der Waals surface area contributed by atoms with Gasteiger partial charge >= 0.3 is 6.09 Å². The molecule has 2 rings (SSSR count). The number of alkyl halides is 1. The number of aromatic nitrogens is 2. The molecule has 9 nitrogen and oxygen atoms in total. The largest absolute Gasteiger partial charge is 0.444 e. The molecule has 4 N–H and O–H groups in total. The lowest BCUT2D eigenvalue weighted by Crippen LogP contribution is -2.34. The van der Waals surface area contributed by atoms with Crippen LogP contribution in [0.4, 0.5) is 10.5 Å². The Morgan fingerprint density at radius 3 is 2.47 bits per heavy atom. The van der Waals surface area contributed by atoms with E-state index in [1.165, 1.54) is 0 Å². The van der Waals surface area contributed by atoms with Gasteiger partial charge < -0.3 is 25.7 Å². The number of nitrogens with one attached hydrogen (secondary N) is 4. The van der Waals surface area contributed by atoms with Crippen molar-refractivity contribution in [1.82, 2.24) is 20.6 Å². The molecule has 0 saturated carbocycles. The molecule has 1 aromatic carbocycles. The van der Waals surface area contributed by atoms with Crippen molar-refractivity contribution in [3.8, 4) is 0 Å². The van der Waals surface area contributed by atoms with Crippen molar-refractivity contribution in [2.75, 3.05) is 18.4 Å². The number of aromatic amines is 1. The Labute approximate surface area is 196 Å². The summed E-state index contributed by atoms with van der Waals surface area (Å²) >= 11 is 3.31. The number of rotatable bonds is 9. The number of nitrogens with zero attached hydrogens (tertiary/aromatic N) is 1. The summed E-state index contributed by atoms with van der Waals surface area (Å²) in [6.45, 7) is 8.14. The number of aryl methyl sites for hydroxylation is 1. The van der Waals surface area contributed by atoms with Crippen LogP contribution in [-0.4, -0.2) is 46.6 Å². The molecule has 0 aliphatic carbocycles. The Bertz CT molecular complexity index is 952. The molecule has 10 heteroatoms. The molecule has 0 aliphatic rings. The fourth-order valence-corrected chi connectivity index (χ4v) is 3.09. The highest BCUT2D eigenvalue weighted by atomic mass is 79.9. The molecule has 1 aromatic heterocycles. The second-order valence-corrected chi connectivity index (χ2v) is 8.67. The number of H-pyrrole nitrogens is 1. The van der Waals surface area contributed by atoms with Crippen molar-refractivity contribution in [3.05, 3.63) is 47.0 Å². The number of benzene rings is 1. The minimum Gasteiger partial charge on any atom is -0.444 e. The average molecular weight is 508 g/mol. The number of carbonyl (C=O) groups excluding carboxylic acids is 3. The lowest BCUT2D eigenvalue weighted by molar-refractivity contribution is 0.0527. The zero-order chi connectivity index (χ0) is 23.7. The third-order valence-corrected chi connectivity index (χ3v) is 4.89. The summed E-state index contributed by atoms with van der Waals surface area (Å²) in [6.07, 6.45) is 2.31. The Morgan fingerprint density at radius 2 is 1.84 bits per heavy atom. The Kier molecular flexibility index (Phi) is 9.25. The van der Waals surface area contributed by atoms with Crippen molar-refractivity contribution < 1.29 is 19.1 Å². The van der Waals surface area contributed by atoms with E-state index in [0.29, 0.717) is 42.5 Å². The van der Waals surface area contributed by atoms with Gasteiger partial charge in [0.2, 0.25) is 0 Å². The topological polar surface area (TPSA) is 125 Å². The Balaban J connectivity index is 1.86. The normalized spacial score (nSPS) is 11.0. The van der Waals surface area contributed by atoms with Gasteiger partial charge in [-0.1, -0.05) is 22.9 Å². The van der Waals surface area contributed by atoms with Crippen LogP contribution in [0.15, 0.2) is 24.4 Å². The molecule has 0 atom stereocenters. The van der Waals surface area contributed by atoms with Crippen molar-refractivity contribution in [2.24, 2.45) is 0 Å². The first-order valence-electron chi connectivity index (χ1n) is 10.4. The number of alkyl carbamates (subject to hydrolysis) is 1. The number of ether oxygens (including phenoxy) is 1. The van der Waals surface area contributed by atoms with Crippen LogP contribution in [-0.2, 0) is 16.5 Å². The van der Waals surface area contributed by atoms with Crippen LogP contribution in [0.3, 0.4) is 0 Å². The summed E-state index contributed by atoms with van der Waals surface area (Å²) in [4.78, 5) is 43.5. The van der Waals surface area contributed by atoms with Gasteiger partial charge in [-0.25, -0.2) is 9.78 Å². The molecule has 3 amide bonds. The second-order valence-electron chi connectivity index (χ2n) is 8.11. The average Bonchev–Trinajstić information content (AvgIpc) is 3.21. The number of hydrogen-bond acceptors (Lipinski definition) is 5. The fraction of sp³-hybridized carbons (Fsp3) is 0.455. The highest BCUT2D eigenvalue weighted by Crippen LogP contribution is 2.18. The third kappa shape index (κ3) is 7.99. The van der Waals surface area contributed by atoms with E-state index in [1.807, 2.05) is 6.92 Å². The van der Waals surface area contributed by atoms with Crippen molar-refractivity contribution in [2.45, 2.75) is 51.5 Å². The number of carbonyl (C=O) groups is 3. The molecular weight excluding hydrogens is 478 g/mol. The van der Waals surface area contributed by atoms with Crippen LogP contribution in [0, 0.1) is 0 Å². The summed E-state index contributed by atoms with van der Waals surface area (Å²) in [5.74, 6) is -0.335. The van der Waals surface area contributed by atoms with Gasteiger partial charge in [0.15, 0.2) is 5.82 Å². The minimum absolute atomic E-state index is 0.204. The molecule has 174 valence electrons. The van der Waals surface area contributed by atoms with Crippen LogP contribution in [0.2, 0.25) is 0 Å². The molecule has 0 unspecified atom stereocenters. The lowest BCUT2D eigenvalue weighted by Gasteiger charge is -2.19. The zero-order valence-electron chi connectivity index (χ0n) is 18.8. The summed E-state index contributed by atoms with van der Waals surface area (Å²) in [7, 11) is 0. The van der Waals surface area contributed by atoms with Gasteiger partial charge in [-0.2, -0.15) is 0 Å². The first kappa shape index (κ1) is 25.4. The maximum atomic E-state index is 12.6. The van der Waals surface area contributed by atoms with Crippen molar-refractivity contribution >= 4 is 39.5 Å². The molecule has 0 aliphatic heterocycles. The molecule has 32 heavy (non-hydrogen) atoms. The molecule has 0 spiro atoms. The molecule has 0 bridgehead atoms. The monoisotopic (exact) mass is 507 g/mol. The SMILES string of the molecule is CCc1cc(NC(=O)c2ncc(CBr)[nH]2)ccc1C(=O)NCCCNC(=O)OC(C)(C)C. The van der Waals surface area contributed by atoms with Crippen LogP contribution < -0.4 is 16.0 Å². The first-order chi connectivity index (χ1) is 15.1. The Hall–Kier alpha value is -2.88. The quantitative estimate of drug-likeness (QED) is 0.303. The standard InChI is InChI=1S/C22H30BrN5O4/c1-5-14-11-15(28-20(30)18-26-13-16(12-23)27-18)7-8-17(14)19(29)24-9-6-10-25-21(31)32-22(2,3)4/h7-8,11,13H,5-6,9-10,12H2,1-4H3,(H,24,29)(H,25,31)(H,26,27)(H,28,30). The van der Waals surface area contributed by atoms with Crippen molar-refractivity contribution in [1.29, 1.82) is 0 Å². The van der Waals surface area contributed by atoms with E-state index in [2.05, 4.69) is 41.8 Å². The number of halogens is 1. The third-order valence-electron chi connectivity index (χ3n) is 4.28. The molecule has 0 radical (unpaired) electrons. The highest BCUT2D eigenvalue weighted by molar-refractivity contribution is 9.08. The van der Waals surface area contributed by atoms with Gasteiger partial charge in [0.1, 0.15) is 5.60 Å². The smallest absolute Gasteiger partial charge is 0.407 e. The summed E-state index contributed by atoms with van der Waals surface area (Å²) < 4.78 is 5.16. The summed E-state index contributed by atoms with van der Waals surface area (Å²) in [5.41, 5.74) is 2.20. The number of hydrogen-bond donors (Lipinski definition) is 4. The van der Waals surface area contributed by atoms with Gasteiger partial charge in [-0.05, 0) is 57.4 Å². The van der Waals surface area contributed by atoms with Gasteiger partial charge in [-0.3, -0.25) is 9.59 Å². The van der Waals surface area contributed by atoms with E-state index >= 15 is 0 Å². The highest BCUT2D eigenvalue weighted by Gasteiger charge is 2.16. The predicted octanol–water partition coefficient (Wildman–Crippen LogP) is 3.76. The van der Waals surface area contributed by atoms with Crippen LogP contribution in [0.25, 0.3) is 0 Å². The van der Waals surface area contributed by atoms with Crippen LogP contribution >= 0.6 is 15.9 Å². The van der Waals surface area contributed by atoms with E-state index in [-0.39, 0.29) is 17.6 Å².